The molecule has 1 aromatic carbocycles. The van der Waals surface area contributed by atoms with E-state index >= 15 is 0 Å². The Balaban J connectivity index is 1.67. The number of hydrogen-bond donors (Lipinski definition) is 0. The first-order valence-corrected chi connectivity index (χ1v) is 10.3. The van der Waals surface area contributed by atoms with Crippen molar-refractivity contribution in [1.29, 1.82) is 5.26 Å². The molecule has 4 nitrogen and oxygen atoms in total. The van der Waals surface area contributed by atoms with Gasteiger partial charge in [0, 0.05) is 37.0 Å². The molecule has 0 bridgehead atoms. The van der Waals surface area contributed by atoms with Crippen molar-refractivity contribution in [3.8, 4) is 6.07 Å². The molecule has 148 valence electrons. The van der Waals surface area contributed by atoms with Crippen LogP contribution in [0.5, 0.6) is 0 Å². The number of ether oxygens (including phenoxy) is 1. The minimum atomic E-state index is 0.202. The van der Waals surface area contributed by atoms with E-state index in [1.165, 1.54) is 23.1 Å². The number of likely N-dealkylation sites (tertiary alicyclic amines) is 1. The van der Waals surface area contributed by atoms with Gasteiger partial charge in [0.25, 0.3) is 0 Å². The highest BCUT2D eigenvalue weighted by Crippen LogP contribution is 2.37. The Kier molecular flexibility index (Phi) is 6.83. The summed E-state index contributed by atoms with van der Waals surface area (Å²) in [6, 6.07) is 12.3. The molecule has 0 N–H and O–H groups in total. The number of rotatable bonds is 8. The lowest BCUT2D eigenvalue weighted by molar-refractivity contribution is 0.0489. The Bertz CT molecular complexity index is 804. The summed E-state index contributed by atoms with van der Waals surface area (Å²) in [5.74, 6) is 0. The number of pyridine rings is 1. The Morgan fingerprint density at radius 2 is 2.00 bits per heavy atom. The van der Waals surface area contributed by atoms with Crippen LogP contribution in [0.3, 0.4) is 0 Å². The molecular weight excluding hydrogens is 346 g/mol. The Morgan fingerprint density at radius 1 is 1.21 bits per heavy atom. The van der Waals surface area contributed by atoms with Crippen LogP contribution in [0.15, 0.2) is 36.5 Å². The third-order valence-electron chi connectivity index (χ3n) is 6.04. The predicted octanol–water partition coefficient (Wildman–Crippen LogP) is 4.43. The van der Waals surface area contributed by atoms with Crippen LogP contribution < -0.4 is 0 Å². The summed E-state index contributed by atoms with van der Waals surface area (Å²) in [5, 5.41) is 8.98. The normalized spacial score (nSPS) is 19.6. The maximum Gasteiger partial charge on any atom is 0.0991 e. The van der Waals surface area contributed by atoms with Crippen LogP contribution in [0.2, 0.25) is 0 Å². The second-order valence-electron chi connectivity index (χ2n) is 8.10. The number of aryl methyl sites for hydroxylation is 3. The van der Waals surface area contributed by atoms with Crippen molar-refractivity contribution in [1.82, 2.24) is 9.88 Å². The zero-order chi connectivity index (χ0) is 20.0. The summed E-state index contributed by atoms with van der Waals surface area (Å²) in [5.41, 5.74) is 6.05. The molecule has 2 aromatic rings. The molecule has 1 aliphatic heterocycles. The van der Waals surface area contributed by atoms with Gasteiger partial charge in [-0.2, -0.15) is 5.26 Å². The average molecular weight is 378 g/mol. The van der Waals surface area contributed by atoms with Crippen LogP contribution in [0.1, 0.15) is 47.7 Å². The van der Waals surface area contributed by atoms with Gasteiger partial charge in [-0.1, -0.05) is 12.1 Å². The van der Waals surface area contributed by atoms with Gasteiger partial charge in [0.2, 0.25) is 0 Å². The van der Waals surface area contributed by atoms with Gasteiger partial charge in [-0.05, 0) is 81.5 Å². The van der Waals surface area contributed by atoms with E-state index in [0.29, 0.717) is 0 Å². The quantitative estimate of drug-likeness (QED) is 0.683. The molecule has 2 heterocycles. The van der Waals surface area contributed by atoms with Gasteiger partial charge in [0.15, 0.2) is 0 Å². The topological polar surface area (TPSA) is 49.1 Å². The van der Waals surface area contributed by atoms with Crippen LogP contribution in [0, 0.1) is 30.6 Å². The Morgan fingerprint density at radius 3 is 2.68 bits per heavy atom. The molecule has 0 amide bonds. The first-order chi connectivity index (χ1) is 13.5. The number of hydrogen-bond acceptors (Lipinski definition) is 4. The van der Waals surface area contributed by atoms with Crippen molar-refractivity contribution in [3.05, 3.63) is 64.5 Å². The molecule has 1 fully saturated rings. The van der Waals surface area contributed by atoms with E-state index in [1.54, 1.807) is 0 Å². The van der Waals surface area contributed by atoms with E-state index in [1.807, 2.05) is 18.3 Å². The second kappa shape index (κ2) is 9.32. The van der Waals surface area contributed by atoms with E-state index in [0.717, 1.165) is 56.9 Å². The Labute approximate surface area is 169 Å². The lowest BCUT2D eigenvalue weighted by Gasteiger charge is -2.30. The summed E-state index contributed by atoms with van der Waals surface area (Å²) in [4.78, 5) is 7.05. The minimum absolute atomic E-state index is 0.202. The molecule has 28 heavy (non-hydrogen) atoms. The molecule has 0 unspecified atom stereocenters. The van der Waals surface area contributed by atoms with Crippen LogP contribution in [-0.2, 0) is 17.7 Å². The number of nitrogens with zero attached hydrogens (tertiary/aromatic N) is 3. The molecule has 4 heteroatoms. The highest BCUT2D eigenvalue weighted by Gasteiger charge is 2.38. The minimum Gasteiger partial charge on any atom is -0.381 e. The summed E-state index contributed by atoms with van der Waals surface area (Å²) in [6.45, 7) is 11.1. The Hall–Kier alpha value is -2.22. The highest BCUT2D eigenvalue weighted by atomic mass is 16.5. The second-order valence-corrected chi connectivity index (χ2v) is 8.10. The fourth-order valence-corrected chi connectivity index (χ4v) is 4.22. The van der Waals surface area contributed by atoms with Crippen LogP contribution in [0.25, 0.3) is 0 Å². The van der Waals surface area contributed by atoms with Crippen molar-refractivity contribution in [3.63, 3.8) is 0 Å². The summed E-state index contributed by atoms with van der Waals surface area (Å²) in [7, 11) is 0. The molecule has 1 aliphatic rings. The monoisotopic (exact) mass is 377 g/mol. The molecule has 1 aromatic heterocycles. The van der Waals surface area contributed by atoms with Gasteiger partial charge in [0.1, 0.15) is 0 Å². The highest BCUT2D eigenvalue weighted by molar-refractivity contribution is 5.32. The largest absolute Gasteiger partial charge is 0.381 e. The number of aromatic nitrogens is 1. The van der Waals surface area contributed by atoms with Crippen molar-refractivity contribution >= 4 is 0 Å². The molecule has 1 atom stereocenters. The third kappa shape index (κ3) is 4.98. The zero-order valence-corrected chi connectivity index (χ0v) is 17.4. The van der Waals surface area contributed by atoms with Gasteiger partial charge in [0.05, 0.1) is 18.2 Å². The molecule has 1 saturated heterocycles. The first-order valence-electron chi connectivity index (χ1n) is 10.3. The van der Waals surface area contributed by atoms with Crippen molar-refractivity contribution < 1.29 is 4.74 Å². The lowest BCUT2D eigenvalue weighted by atomic mass is 9.82. The number of benzene rings is 1. The molecule has 0 spiro atoms. The maximum absolute atomic E-state index is 8.98. The summed E-state index contributed by atoms with van der Waals surface area (Å²) >= 11 is 0. The molecule has 0 saturated carbocycles. The van der Waals surface area contributed by atoms with E-state index in [9.17, 15) is 0 Å². The van der Waals surface area contributed by atoms with Gasteiger partial charge >= 0.3 is 0 Å². The van der Waals surface area contributed by atoms with Crippen LogP contribution >= 0.6 is 0 Å². The fraction of sp³-hybridized carbons (Fsp3) is 0.500. The predicted molar refractivity (Wildman–Crippen MR) is 112 cm³/mol. The van der Waals surface area contributed by atoms with E-state index in [4.69, 9.17) is 10.00 Å². The average Bonchev–Trinajstić information content (AvgIpc) is 3.11. The summed E-state index contributed by atoms with van der Waals surface area (Å²) < 4.78 is 5.91. The van der Waals surface area contributed by atoms with E-state index in [-0.39, 0.29) is 5.41 Å². The van der Waals surface area contributed by atoms with Crippen LogP contribution in [-0.4, -0.2) is 36.2 Å². The molecule has 3 rings (SSSR count). The number of nitriles is 1. The standard InChI is InChI=1S/C24H31N3O/c1-4-28-18-24(11-9-21-5-7-22(15-25)8-6-21)12-14-27(17-24)16-23-19(2)10-13-26-20(23)3/h5-8,10,13H,4,9,11-12,14,16-18H2,1-3H3/t24-/m1/s1. The molecule has 0 radical (unpaired) electrons. The van der Waals surface area contributed by atoms with E-state index in [2.05, 4.69) is 54.9 Å². The van der Waals surface area contributed by atoms with Crippen LogP contribution in [0.4, 0.5) is 0 Å². The van der Waals surface area contributed by atoms with Crippen molar-refractivity contribution in [2.75, 3.05) is 26.3 Å². The SMILES string of the molecule is CCOC[C@]1(CCc2ccc(C#N)cc2)CCN(Cc2c(C)ccnc2C)C1. The van der Waals surface area contributed by atoms with Crippen molar-refractivity contribution in [2.45, 2.75) is 46.6 Å². The first kappa shape index (κ1) is 20.5. The van der Waals surface area contributed by atoms with Crippen molar-refractivity contribution in [2.24, 2.45) is 5.41 Å². The smallest absolute Gasteiger partial charge is 0.0991 e. The zero-order valence-electron chi connectivity index (χ0n) is 17.4. The maximum atomic E-state index is 8.98. The third-order valence-corrected chi connectivity index (χ3v) is 6.04. The van der Waals surface area contributed by atoms with Gasteiger partial charge in [-0.15, -0.1) is 0 Å². The van der Waals surface area contributed by atoms with Gasteiger partial charge in [-0.25, -0.2) is 0 Å². The summed E-state index contributed by atoms with van der Waals surface area (Å²) in [6.07, 6.45) is 5.20. The van der Waals surface area contributed by atoms with Gasteiger partial charge < -0.3 is 4.74 Å². The molecule has 0 aliphatic carbocycles. The van der Waals surface area contributed by atoms with Gasteiger partial charge in [-0.3, -0.25) is 9.88 Å². The lowest BCUT2D eigenvalue weighted by Crippen LogP contribution is -2.32. The fourth-order valence-electron chi connectivity index (χ4n) is 4.22. The molecular formula is C24H31N3O. The van der Waals surface area contributed by atoms with E-state index < -0.39 is 0 Å².